The highest BCUT2D eigenvalue weighted by Crippen LogP contribution is 2.14. The van der Waals surface area contributed by atoms with E-state index in [1.54, 1.807) is 23.3 Å². The molecule has 5 heteroatoms. The summed E-state index contributed by atoms with van der Waals surface area (Å²) in [5.74, 6) is -0.0450. The number of hydrogen-bond donors (Lipinski definition) is 1. The molecule has 0 unspecified atom stereocenters. The second kappa shape index (κ2) is 3.44. The number of amides is 1. The zero-order valence-corrected chi connectivity index (χ0v) is 8.55. The molecular weight excluding hydrogens is 204 g/mol. The van der Waals surface area contributed by atoms with E-state index >= 15 is 0 Å². The topological polar surface area (TPSA) is 59.8 Å². The number of fused-ring (bicyclic) bond motifs is 1. The van der Waals surface area contributed by atoms with Gasteiger partial charge in [-0.1, -0.05) is 0 Å². The van der Waals surface area contributed by atoms with Crippen molar-refractivity contribution in [3.05, 3.63) is 42.0 Å². The van der Waals surface area contributed by atoms with Crippen molar-refractivity contribution in [1.29, 1.82) is 0 Å². The summed E-state index contributed by atoms with van der Waals surface area (Å²) in [5.41, 5.74) is 2.38. The Labute approximate surface area is 92.1 Å². The quantitative estimate of drug-likeness (QED) is 0.754. The summed E-state index contributed by atoms with van der Waals surface area (Å²) in [4.78, 5) is 15.6. The van der Waals surface area contributed by atoms with Gasteiger partial charge < -0.3 is 5.32 Å². The lowest BCUT2D eigenvalue weighted by atomic mass is 10.1. The molecule has 0 fully saturated rings. The molecule has 1 N–H and O–H groups in total. The molecule has 0 aromatic carbocycles. The van der Waals surface area contributed by atoms with Gasteiger partial charge in [-0.15, -0.1) is 0 Å². The van der Waals surface area contributed by atoms with Gasteiger partial charge in [0.05, 0.1) is 23.1 Å². The molecular formula is C11H10N4O. The minimum Gasteiger partial charge on any atom is -0.352 e. The molecule has 2 aromatic heterocycles. The Kier molecular flexibility index (Phi) is 1.96. The van der Waals surface area contributed by atoms with Gasteiger partial charge in [-0.25, -0.2) is 4.68 Å². The Balaban J connectivity index is 2.08. The third-order valence-electron chi connectivity index (χ3n) is 2.59. The van der Waals surface area contributed by atoms with E-state index in [9.17, 15) is 4.79 Å². The fourth-order valence-electron chi connectivity index (χ4n) is 1.80. The average Bonchev–Trinajstić information content (AvgIpc) is 2.76. The van der Waals surface area contributed by atoms with E-state index in [0.717, 1.165) is 17.8 Å². The maximum Gasteiger partial charge on any atom is 0.254 e. The first kappa shape index (κ1) is 9.08. The van der Waals surface area contributed by atoms with Crippen molar-refractivity contribution in [3.63, 3.8) is 0 Å². The summed E-state index contributed by atoms with van der Waals surface area (Å²) in [5, 5.41) is 7.18. The normalized spacial score (nSPS) is 14.4. The standard InChI is InChI=1S/C11H10N4O/c16-11-9-7-15(8-2-1-4-12-6-8)14-10(9)3-5-13-11/h1-2,4,6-7H,3,5H2,(H,13,16). The van der Waals surface area contributed by atoms with Crippen LogP contribution in [0, 0.1) is 0 Å². The van der Waals surface area contributed by atoms with Crippen LogP contribution in [-0.4, -0.2) is 27.2 Å². The molecule has 3 heterocycles. The predicted molar refractivity (Wildman–Crippen MR) is 57.4 cm³/mol. The molecule has 5 nitrogen and oxygen atoms in total. The zero-order chi connectivity index (χ0) is 11.0. The van der Waals surface area contributed by atoms with Crippen LogP contribution in [-0.2, 0) is 6.42 Å². The maximum absolute atomic E-state index is 11.6. The van der Waals surface area contributed by atoms with E-state index in [2.05, 4.69) is 15.4 Å². The van der Waals surface area contributed by atoms with Gasteiger partial charge in [-0.05, 0) is 12.1 Å². The Hall–Kier alpha value is -2.17. The lowest BCUT2D eigenvalue weighted by molar-refractivity contribution is 0.0946. The van der Waals surface area contributed by atoms with Gasteiger partial charge in [0.1, 0.15) is 0 Å². The molecule has 1 aliphatic heterocycles. The minimum atomic E-state index is -0.0450. The molecule has 0 atom stereocenters. The van der Waals surface area contributed by atoms with Crippen LogP contribution in [0.4, 0.5) is 0 Å². The van der Waals surface area contributed by atoms with Crippen molar-refractivity contribution in [3.8, 4) is 5.69 Å². The maximum atomic E-state index is 11.6. The zero-order valence-electron chi connectivity index (χ0n) is 8.55. The van der Waals surface area contributed by atoms with E-state index in [0.29, 0.717) is 12.1 Å². The minimum absolute atomic E-state index is 0.0450. The van der Waals surface area contributed by atoms with Crippen molar-refractivity contribution < 1.29 is 4.79 Å². The van der Waals surface area contributed by atoms with Gasteiger partial charge in [-0.2, -0.15) is 5.10 Å². The van der Waals surface area contributed by atoms with Crippen molar-refractivity contribution in [2.45, 2.75) is 6.42 Å². The van der Waals surface area contributed by atoms with Crippen molar-refractivity contribution in [2.75, 3.05) is 6.54 Å². The molecule has 80 valence electrons. The molecule has 0 spiro atoms. The molecule has 0 bridgehead atoms. The van der Waals surface area contributed by atoms with Gasteiger partial charge in [0.15, 0.2) is 0 Å². The Morgan fingerprint density at radius 2 is 2.38 bits per heavy atom. The van der Waals surface area contributed by atoms with E-state index in [1.165, 1.54) is 0 Å². The van der Waals surface area contributed by atoms with Crippen LogP contribution < -0.4 is 5.32 Å². The average molecular weight is 214 g/mol. The lowest BCUT2D eigenvalue weighted by Gasteiger charge is -2.09. The molecule has 16 heavy (non-hydrogen) atoms. The molecule has 0 radical (unpaired) electrons. The van der Waals surface area contributed by atoms with Gasteiger partial charge >= 0.3 is 0 Å². The first-order valence-corrected chi connectivity index (χ1v) is 5.12. The van der Waals surface area contributed by atoms with E-state index < -0.39 is 0 Å². The summed E-state index contributed by atoms with van der Waals surface area (Å²) in [7, 11) is 0. The number of aromatic nitrogens is 3. The summed E-state index contributed by atoms with van der Waals surface area (Å²) in [6.07, 6.45) is 5.96. The van der Waals surface area contributed by atoms with Crippen LogP contribution >= 0.6 is 0 Å². The van der Waals surface area contributed by atoms with Crippen LogP contribution in [0.5, 0.6) is 0 Å². The Morgan fingerprint density at radius 1 is 1.44 bits per heavy atom. The predicted octanol–water partition coefficient (Wildman–Crippen LogP) is 0.553. The number of carbonyl (C=O) groups is 1. The smallest absolute Gasteiger partial charge is 0.254 e. The first-order valence-electron chi connectivity index (χ1n) is 5.12. The van der Waals surface area contributed by atoms with Crippen LogP contribution in [0.2, 0.25) is 0 Å². The number of pyridine rings is 1. The number of rotatable bonds is 1. The van der Waals surface area contributed by atoms with Gasteiger partial charge in [0.2, 0.25) is 0 Å². The van der Waals surface area contributed by atoms with Gasteiger partial charge in [0, 0.05) is 25.4 Å². The SMILES string of the molecule is O=C1NCCc2nn(-c3cccnc3)cc21. The summed E-state index contributed by atoms with van der Waals surface area (Å²) in [6.45, 7) is 0.663. The highest BCUT2D eigenvalue weighted by molar-refractivity contribution is 5.96. The lowest BCUT2D eigenvalue weighted by Crippen LogP contribution is -2.31. The summed E-state index contributed by atoms with van der Waals surface area (Å²) < 4.78 is 1.70. The van der Waals surface area contributed by atoms with Crippen molar-refractivity contribution >= 4 is 5.91 Å². The number of hydrogen-bond acceptors (Lipinski definition) is 3. The fraction of sp³-hybridized carbons (Fsp3) is 0.182. The highest BCUT2D eigenvalue weighted by atomic mass is 16.1. The Morgan fingerprint density at radius 3 is 3.12 bits per heavy atom. The number of carbonyl (C=O) groups excluding carboxylic acids is 1. The highest BCUT2D eigenvalue weighted by Gasteiger charge is 2.20. The summed E-state index contributed by atoms with van der Waals surface area (Å²) >= 11 is 0. The first-order chi connectivity index (χ1) is 7.84. The molecule has 1 amide bonds. The van der Waals surface area contributed by atoms with Gasteiger partial charge in [-0.3, -0.25) is 9.78 Å². The van der Waals surface area contributed by atoms with Crippen LogP contribution in [0.15, 0.2) is 30.7 Å². The van der Waals surface area contributed by atoms with E-state index in [4.69, 9.17) is 0 Å². The second-order valence-electron chi connectivity index (χ2n) is 3.65. The molecule has 0 saturated carbocycles. The second-order valence-corrected chi connectivity index (χ2v) is 3.65. The van der Waals surface area contributed by atoms with Crippen molar-refractivity contribution in [2.24, 2.45) is 0 Å². The molecule has 0 aliphatic carbocycles. The molecule has 2 aromatic rings. The van der Waals surface area contributed by atoms with Crippen LogP contribution in [0.3, 0.4) is 0 Å². The third kappa shape index (κ3) is 1.37. The molecule has 0 saturated heterocycles. The van der Waals surface area contributed by atoms with E-state index in [1.807, 2.05) is 12.1 Å². The molecule has 1 aliphatic rings. The van der Waals surface area contributed by atoms with Crippen LogP contribution in [0.1, 0.15) is 16.1 Å². The van der Waals surface area contributed by atoms with E-state index in [-0.39, 0.29) is 5.91 Å². The number of nitrogens with zero attached hydrogens (tertiary/aromatic N) is 3. The number of nitrogens with one attached hydrogen (secondary N) is 1. The monoisotopic (exact) mass is 214 g/mol. The third-order valence-corrected chi connectivity index (χ3v) is 2.59. The Bertz CT molecular complexity index is 532. The van der Waals surface area contributed by atoms with Gasteiger partial charge in [0.25, 0.3) is 5.91 Å². The fourth-order valence-corrected chi connectivity index (χ4v) is 1.80. The largest absolute Gasteiger partial charge is 0.352 e. The van der Waals surface area contributed by atoms with Crippen LogP contribution in [0.25, 0.3) is 5.69 Å². The summed E-state index contributed by atoms with van der Waals surface area (Å²) in [6, 6.07) is 3.75. The molecule has 3 rings (SSSR count). The van der Waals surface area contributed by atoms with Crippen molar-refractivity contribution in [1.82, 2.24) is 20.1 Å².